The maximum atomic E-state index is 12.6. The summed E-state index contributed by atoms with van der Waals surface area (Å²) in [6.45, 7) is 17.2. The Bertz CT molecular complexity index is 1180. The molecule has 0 aromatic heterocycles. The second-order valence-corrected chi connectivity index (χ2v) is 18.1. The summed E-state index contributed by atoms with van der Waals surface area (Å²) in [7, 11) is -10.2. The molecule has 1 aliphatic heterocycles. The lowest BCUT2D eigenvalue weighted by atomic mass is 9.83. The lowest BCUT2D eigenvalue weighted by molar-refractivity contribution is -0.134. The van der Waals surface area contributed by atoms with Crippen molar-refractivity contribution in [1.82, 2.24) is 0 Å². The van der Waals surface area contributed by atoms with Gasteiger partial charge in [-0.15, -0.1) is 0 Å². The molecule has 44 heavy (non-hydrogen) atoms. The molecule has 2 rings (SSSR count). The highest BCUT2D eigenvalue weighted by Crippen LogP contribution is 2.61. The summed E-state index contributed by atoms with van der Waals surface area (Å²) in [5.41, 5.74) is 3.07. The zero-order chi connectivity index (χ0) is 33.5. The van der Waals surface area contributed by atoms with Crippen molar-refractivity contribution >= 4 is 21.2 Å². The summed E-state index contributed by atoms with van der Waals surface area (Å²) in [6.07, 6.45) is 11.5. The van der Waals surface area contributed by atoms with Crippen LogP contribution in [0.2, 0.25) is 0 Å². The van der Waals surface area contributed by atoms with Crippen molar-refractivity contribution in [3.05, 3.63) is 22.3 Å². The first-order valence-electron chi connectivity index (χ1n) is 16.4. The third kappa shape index (κ3) is 11.9. The minimum atomic E-state index is -5.11. The molecule has 0 fully saturated rings. The van der Waals surface area contributed by atoms with Crippen molar-refractivity contribution < 1.29 is 43.0 Å². The molecule has 3 unspecified atom stereocenters. The molecular formula is C33H58O9P2. The number of ether oxygens (including phenoxy) is 2. The molecule has 3 atom stereocenters. The van der Waals surface area contributed by atoms with E-state index in [2.05, 4.69) is 34.6 Å². The third-order valence-corrected chi connectivity index (χ3v) is 13.3. The number of carbonyl (C=O) groups is 1. The van der Waals surface area contributed by atoms with Gasteiger partial charge in [0.25, 0.3) is 0 Å². The Balaban J connectivity index is 1.94. The summed E-state index contributed by atoms with van der Waals surface area (Å²) in [5, 5.41) is -2.24. The summed E-state index contributed by atoms with van der Waals surface area (Å²) in [5.74, 6) is 2.68. The summed E-state index contributed by atoms with van der Waals surface area (Å²) < 4.78 is 35.4. The summed E-state index contributed by atoms with van der Waals surface area (Å²) >= 11 is 0. The van der Waals surface area contributed by atoms with Gasteiger partial charge in [-0.25, -0.2) is 0 Å². The number of hydrogen-bond donors (Lipinski definition) is 4. The zero-order valence-electron chi connectivity index (χ0n) is 28.2. The fourth-order valence-corrected chi connectivity index (χ4v) is 8.86. The maximum Gasteiger partial charge on any atom is 0.340 e. The summed E-state index contributed by atoms with van der Waals surface area (Å²) in [6, 6.07) is 0. The first-order chi connectivity index (χ1) is 20.2. The van der Waals surface area contributed by atoms with Crippen LogP contribution < -0.4 is 9.47 Å². The van der Waals surface area contributed by atoms with Crippen LogP contribution in [-0.2, 0) is 20.3 Å². The molecule has 11 heteroatoms. The fraction of sp³-hybridized carbons (Fsp3) is 0.788. The Morgan fingerprint density at radius 1 is 0.818 bits per heavy atom. The molecule has 1 aromatic carbocycles. The Kier molecular flexibility index (Phi) is 14.7. The molecular weight excluding hydrogens is 602 g/mol. The van der Waals surface area contributed by atoms with Gasteiger partial charge in [-0.3, -0.25) is 13.9 Å². The van der Waals surface area contributed by atoms with E-state index >= 15 is 0 Å². The second kappa shape index (κ2) is 16.6. The van der Waals surface area contributed by atoms with Gasteiger partial charge in [-0.2, -0.15) is 0 Å². The average Bonchev–Trinajstić information content (AvgIpc) is 2.88. The van der Waals surface area contributed by atoms with E-state index in [1.54, 1.807) is 0 Å². The van der Waals surface area contributed by atoms with E-state index < -0.39 is 39.4 Å². The molecule has 9 nitrogen and oxygen atoms in total. The Morgan fingerprint density at radius 2 is 1.34 bits per heavy atom. The van der Waals surface area contributed by atoms with Gasteiger partial charge in [0.15, 0.2) is 5.40 Å². The SMILES string of the molecule is Cc1c(C)c2c(c(C)c1OC(=O)CCC(P(=O)(O)O)P(=O)(O)O)CCC(C)(CCCC(C)CCCC(C)CCCC(C)C)O2. The average molecular weight is 661 g/mol. The second-order valence-electron chi connectivity index (χ2n) is 14.1. The number of benzene rings is 1. The number of hydrogen-bond acceptors (Lipinski definition) is 5. The molecule has 4 N–H and O–H groups in total. The van der Waals surface area contributed by atoms with E-state index in [9.17, 15) is 33.5 Å². The molecule has 0 spiro atoms. The smallest absolute Gasteiger partial charge is 0.340 e. The van der Waals surface area contributed by atoms with Gasteiger partial charge < -0.3 is 29.0 Å². The van der Waals surface area contributed by atoms with Crippen LogP contribution in [0.3, 0.4) is 0 Å². The van der Waals surface area contributed by atoms with Crippen molar-refractivity contribution in [2.45, 2.75) is 150 Å². The van der Waals surface area contributed by atoms with Crippen LogP contribution in [0.4, 0.5) is 0 Å². The van der Waals surface area contributed by atoms with Crippen LogP contribution in [0.25, 0.3) is 0 Å². The van der Waals surface area contributed by atoms with Gasteiger partial charge >= 0.3 is 21.2 Å². The predicted molar refractivity (Wildman–Crippen MR) is 175 cm³/mol. The van der Waals surface area contributed by atoms with Crippen LogP contribution >= 0.6 is 15.2 Å². The highest BCUT2D eigenvalue weighted by Gasteiger charge is 2.43. The normalized spacial score (nSPS) is 18.7. The van der Waals surface area contributed by atoms with Crippen molar-refractivity contribution in [3.63, 3.8) is 0 Å². The minimum absolute atomic E-state index is 0.278. The molecule has 0 aliphatic carbocycles. The van der Waals surface area contributed by atoms with E-state index in [1.165, 1.54) is 44.9 Å². The van der Waals surface area contributed by atoms with Gasteiger partial charge in [0.1, 0.15) is 17.1 Å². The quantitative estimate of drug-likeness (QED) is 0.0690. The van der Waals surface area contributed by atoms with Gasteiger partial charge in [0, 0.05) is 12.0 Å². The monoisotopic (exact) mass is 660 g/mol. The first-order valence-corrected chi connectivity index (χ1v) is 19.7. The van der Waals surface area contributed by atoms with Gasteiger partial charge in [-0.1, -0.05) is 72.6 Å². The van der Waals surface area contributed by atoms with Crippen LogP contribution in [-0.4, -0.2) is 36.5 Å². The highest BCUT2D eigenvalue weighted by atomic mass is 31.2. The molecule has 0 bridgehead atoms. The minimum Gasteiger partial charge on any atom is -0.487 e. The van der Waals surface area contributed by atoms with Crippen molar-refractivity contribution in [2.75, 3.05) is 0 Å². The van der Waals surface area contributed by atoms with Gasteiger partial charge in [0.2, 0.25) is 0 Å². The number of rotatable bonds is 18. The summed E-state index contributed by atoms with van der Waals surface area (Å²) in [4.78, 5) is 50.0. The lowest BCUT2D eigenvalue weighted by Gasteiger charge is -2.38. The predicted octanol–water partition coefficient (Wildman–Crippen LogP) is 8.50. The molecule has 254 valence electrons. The van der Waals surface area contributed by atoms with E-state index in [-0.39, 0.29) is 5.60 Å². The van der Waals surface area contributed by atoms with Crippen molar-refractivity contribution in [1.29, 1.82) is 0 Å². The van der Waals surface area contributed by atoms with Crippen LogP contribution in [0.1, 0.15) is 134 Å². The van der Waals surface area contributed by atoms with E-state index in [0.717, 1.165) is 65.5 Å². The molecule has 0 saturated carbocycles. The van der Waals surface area contributed by atoms with Crippen LogP contribution in [0.5, 0.6) is 11.5 Å². The molecule has 0 saturated heterocycles. The zero-order valence-corrected chi connectivity index (χ0v) is 30.0. The van der Waals surface area contributed by atoms with Gasteiger partial charge in [-0.05, 0) is 94.2 Å². The van der Waals surface area contributed by atoms with Crippen LogP contribution in [0.15, 0.2) is 0 Å². The maximum absolute atomic E-state index is 12.6. The van der Waals surface area contributed by atoms with E-state index in [4.69, 9.17) is 9.47 Å². The third-order valence-electron chi connectivity index (χ3n) is 9.44. The standard InChI is InChI=1S/C33H58O9P2/c1-22(2)12-9-13-23(3)14-10-15-24(4)16-11-20-33(8)21-19-28-27(7)31(25(5)26(6)32(28)42-33)41-29(34)17-18-30(43(35,36)37)44(38,39)40/h22-24,30H,9-21H2,1-8H3,(H2,35,36,37)(H2,38,39,40). The number of fused-ring (bicyclic) bond motifs is 1. The first kappa shape index (κ1) is 39.0. The highest BCUT2D eigenvalue weighted by molar-refractivity contribution is 7.70. The topological polar surface area (TPSA) is 151 Å². The Morgan fingerprint density at radius 3 is 1.86 bits per heavy atom. The molecule has 1 aliphatic rings. The molecule has 0 amide bonds. The van der Waals surface area contributed by atoms with E-state index in [1.807, 2.05) is 20.8 Å². The molecule has 1 aromatic rings. The van der Waals surface area contributed by atoms with Crippen molar-refractivity contribution in [2.24, 2.45) is 17.8 Å². The number of esters is 1. The molecule has 0 radical (unpaired) electrons. The Labute approximate surface area is 265 Å². The van der Waals surface area contributed by atoms with Crippen LogP contribution in [0, 0.1) is 38.5 Å². The van der Waals surface area contributed by atoms with Crippen molar-refractivity contribution in [3.8, 4) is 11.5 Å². The Hall–Kier alpha value is -1.21. The van der Waals surface area contributed by atoms with E-state index in [0.29, 0.717) is 11.7 Å². The molecule has 1 heterocycles. The fourth-order valence-electron chi connectivity index (χ4n) is 6.36. The van der Waals surface area contributed by atoms with Gasteiger partial charge in [0.05, 0.1) is 0 Å². The number of carbonyl (C=O) groups excluding carboxylic acids is 1. The lowest BCUT2D eigenvalue weighted by Crippen LogP contribution is -2.37. The largest absolute Gasteiger partial charge is 0.487 e.